The number of hydrogen-bond acceptors (Lipinski definition) is 4. The molecule has 0 aliphatic heterocycles. The van der Waals surface area contributed by atoms with Crippen LogP contribution in [0.1, 0.15) is 24.5 Å². The average molecular weight is 371 g/mol. The molecule has 0 saturated heterocycles. The number of alkyl halides is 2. The predicted molar refractivity (Wildman–Crippen MR) is 68.8 cm³/mol. The average Bonchev–Trinajstić information content (AvgIpc) is 2.30. The van der Waals surface area contributed by atoms with Crippen molar-refractivity contribution in [2.75, 3.05) is 13.7 Å². The van der Waals surface area contributed by atoms with Crippen molar-refractivity contribution in [2.45, 2.75) is 19.8 Å². The van der Waals surface area contributed by atoms with Crippen LogP contribution in [0, 0.1) is 3.70 Å². The fourth-order valence-electron chi connectivity index (χ4n) is 1.45. The van der Waals surface area contributed by atoms with Crippen LogP contribution in [-0.4, -0.2) is 24.7 Å². The zero-order valence-electron chi connectivity index (χ0n) is 9.87. The van der Waals surface area contributed by atoms with Gasteiger partial charge in [0.15, 0.2) is 0 Å². The third kappa shape index (κ3) is 3.50. The number of esters is 1. The molecule has 0 bridgehead atoms. The number of ether oxygens (including phenoxy) is 2. The Morgan fingerprint density at radius 2 is 2.22 bits per heavy atom. The molecule has 0 atom stereocenters. The van der Waals surface area contributed by atoms with Crippen LogP contribution in [-0.2, 0) is 16.0 Å². The Balaban J connectivity index is 3.13. The van der Waals surface area contributed by atoms with Gasteiger partial charge in [-0.2, -0.15) is 0 Å². The normalized spacial score (nSPS) is 10.6. The standard InChI is InChI=1S/C11H12F2INO3/c1-3-18-7(16)4-6-5-15-11(14)8(10(12)13)9(6)17-2/h5,10H,3-4H2,1-2H3. The van der Waals surface area contributed by atoms with Crippen molar-refractivity contribution < 1.29 is 23.0 Å². The van der Waals surface area contributed by atoms with Gasteiger partial charge in [-0.15, -0.1) is 0 Å². The van der Waals surface area contributed by atoms with Crippen molar-refractivity contribution in [3.8, 4) is 5.75 Å². The summed E-state index contributed by atoms with van der Waals surface area (Å²) in [6.45, 7) is 1.91. The van der Waals surface area contributed by atoms with E-state index in [9.17, 15) is 13.6 Å². The lowest BCUT2D eigenvalue weighted by Crippen LogP contribution is -2.11. The first kappa shape index (κ1) is 15.1. The number of methoxy groups -OCH3 is 1. The van der Waals surface area contributed by atoms with Crippen LogP contribution < -0.4 is 4.74 Å². The third-order valence-corrected chi connectivity index (χ3v) is 3.01. The first-order valence-electron chi connectivity index (χ1n) is 5.16. The molecule has 1 aromatic heterocycles. The number of nitrogens with zero attached hydrogens (tertiary/aromatic N) is 1. The Morgan fingerprint density at radius 1 is 1.56 bits per heavy atom. The highest BCUT2D eigenvalue weighted by atomic mass is 127. The second kappa shape index (κ2) is 6.81. The number of pyridine rings is 1. The minimum atomic E-state index is -2.71. The first-order chi connectivity index (χ1) is 8.51. The highest BCUT2D eigenvalue weighted by Gasteiger charge is 2.23. The second-order valence-electron chi connectivity index (χ2n) is 3.30. The molecule has 0 aliphatic rings. The van der Waals surface area contributed by atoms with E-state index in [0.717, 1.165) is 0 Å². The predicted octanol–water partition coefficient (Wildman–Crippen LogP) is 2.74. The van der Waals surface area contributed by atoms with E-state index in [2.05, 4.69) is 4.98 Å². The fourth-order valence-corrected chi connectivity index (χ4v) is 2.07. The molecule has 0 N–H and O–H groups in total. The van der Waals surface area contributed by atoms with Crippen LogP contribution in [0.2, 0.25) is 0 Å². The maximum Gasteiger partial charge on any atom is 0.310 e. The van der Waals surface area contributed by atoms with E-state index in [-0.39, 0.29) is 28.0 Å². The lowest BCUT2D eigenvalue weighted by Gasteiger charge is -2.13. The molecule has 100 valence electrons. The Hall–Kier alpha value is -0.990. The molecule has 1 heterocycles. The first-order valence-corrected chi connectivity index (χ1v) is 6.24. The molecular formula is C11H12F2INO3. The number of aromatic nitrogens is 1. The van der Waals surface area contributed by atoms with Gasteiger partial charge in [-0.05, 0) is 29.5 Å². The van der Waals surface area contributed by atoms with E-state index in [1.54, 1.807) is 29.5 Å². The molecule has 1 rings (SSSR count). The van der Waals surface area contributed by atoms with Gasteiger partial charge in [0, 0.05) is 11.8 Å². The Kier molecular flexibility index (Phi) is 5.70. The zero-order chi connectivity index (χ0) is 13.7. The summed E-state index contributed by atoms with van der Waals surface area (Å²) in [5.41, 5.74) is 0.00608. The number of carbonyl (C=O) groups is 1. The third-order valence-electron chi connectivity index (χ3n) is 2.15. The summed E-state index contributed by atoms with van der Waals surface area (Å²) in [6, 6.07) is 0. The van der Waals surface area contributed by atoms with Crippen molar-refractivity contribution in [1.82, 2.24) is 4.98 Å². The molecule has 0 aromatic carbocycles. The highest BCUT2D eigenvalue weighted by Crippen LogP contribution is 2.34. The minimum absolute atomic E-state index is 0.00236. The summed E-state index contributed by atoms with van der Waals surface area (Å²) in [5.74, 6) is -0.503. The molecule has 0 fully saturated rings. The van der Waals surface area contributed by atoms with E-state index >= 15 is 0 Å². The number of halogens is 3. The topological polar surface area (TPSA) is 48.4 Å². The van der Waals surface area contributed by atoms with Crippen molar-refractivity contribution in [3.63, 3.8) is 0 Å². The number of carbonyl (C=O) groups excluding carboxylic acids is 1. The van der Waals surface area contributed by atoms with E-state index in [4.69, 9.17) is 9.47 Å². The Morgan fingerprint density at radius 3 is 2.72 bits per heavy atom. The lowest BCUT2D eigenvalue weighted by atomic mass is 10.1. The molecule has 0 aliphatic carbocycles. The van der Waals surface area contributed by atoms with Gasteiger partial charge in [0.05, 0.1) is 25.7 Å². The van der Waals surface area contributed by atoms with Gasteiger partial charge in [-0.3, -0.25) is 4.79 Å². The SMILES string of the molecule is CCOC(=O)Cc1cnc(I)c(C(F)F)c1OC. The maximum atomic E-state index is 12.9. The molecule has 0 radical (unpaired) electrons. The number of hydrogen-bond donors (Lipinski definition) is 0. The highest BCUT2D eigenvalue weighted by molar-refractivity contribution is 14.1. The lowest BCUT2D eigenvalue weighted by molar-refractivity contribution is -0.142. The molecule has 18 heavy (non-hydrogen) atoms. The molecule has 1 aromatic rings. The summed E-state index contributed by atoms with van der Waals surface area (Å²) in [6.07, 6.45) is -1.49. The van der Waals surface area contributed by atoms with Crippen LogP contribution in [0.3, 0.4) is 0 Å². The summed E-state index contributed by atoms with van der Waals surface area (Å²) in [4.78, 5) is 15.2. The van der Waals surface area contributed by atoms with Crippen molar-refractivity contribution in [2.24, 2.45) is 0 Å². The van der Waals surface area contributed by atoms with Crippen LogP contribution in [0.25, 0.3) is 0 Å². The van der Waals surface area contributed by atoms with Crippen LogP contribution in [0.5, 0.6) is 5.75 Å². The Bertz CT molecular complexity index is 441. The van der Waals surface area contributed by atoms with E-state index in [0.29, 0.717) is 5.56 Å². The molecular weight excluding hydrogens is 359 g/mol. The van der Waals surface area contributed by atoms with Crippen molar-refractivity contribution in [1.29, 1.82) is 0 Å². The Labute approximate surface area is 117 Å². The van der Waals surface area contributed by atoms with Gasteiger partial charge in [0.1, 0.15) is 9.45 Å². The molecule has 0 saturated carbocycles. The number of rotatable bonds is 5. The maximum absolute atomic E-state index is 12.9. The quantitative estimate of drug-likeness (QED) is 0.454. The largest absolute Gasteiger partial charge is 0.496 e. The smallest absolute Gasteiger partial charge is 0.310 e. The molecule has 7 heteroatoms. The van der Waals surface area contributed by atoms with Crippen LogP contribution in [0.4, 0.5) is 8.78 Å². The van der Waals surface area contributed by atoms with Gasteiger partial charge in [0.2, 0.25) is 0 Å². The van der Waals surface area contributed by atoms with Gasteiger partial charge in [-0.25, -0.2) is 13.8 Å². The molecule has 0 unspecified atom stereocenters. The molecule has 0 amide bonds. The summed E-state index contributed by atoms with van der Waals surface area (Å²) in [7, 11) is 1.28. The van der Waals surface area contributed by atoms with E-state index in [1.165, 1.54) is 13.3 Å². The summed E-state index contributed by atoms with van der Waals surface area (Å²) < 4.78 is 35.7. The molecule has 4 nitrogen and oxygen atoms in total. The zero-order valence-corrected chi connectivity index (χ0v) is 12.0. The fraction of sp³-hybridized carbons (Fsp3) is 0.455. The van der Waals surface area contributed by atoms with Gasteiger partial charge in [-0.1, -0.05) is 0 Å². The summed E-state index contributed by atoms with van der Waals surface area (Å²) >= 11 is 1.70. The molecule has 0 spiro atoms. The van der Waals surface area contributed by atoms with Crippen molar-refractivity contribution >= 4 is 28.6 Å². The van der Waals surface area contributed by atoms with E-state index < -0.39 is 12.4 Å². The van der Waals surface area contributed by atoms with Crippen LogP contribution in [0.15, 0.2) is 6.20 Å². The monoisotopic (exact) mass is 371 g/mol. The van der Waals surface area contributed by atoms with Gasteiger partial charge < -0.3 is 9.47 Å². The van der Waals surface area contributed by atoms with E-state index in [1.807, 2.05) is 0 Å². The van der Waals surface area contributed by atoms with Crippen LogP contribution >= 0.6 is 22.6 Å². The van der Waals surface area contributed by atoms with Gasteiger partial charge in [0.25, 0.3) is 6.43 Å². The second-order valence-corrected chi connectivity index (χ2v) is 4.33. The van der Waals surface area contributed by atoms with Gasteiger partial charge >= 0.3 is 5.97 Å². The van der Waals surface area contributed by atoms with Crippen molar-refractivity contribution in [3.05, 3.63) is 21.0 Å². The minimum Gasteiger partial charge on any atom is -0.496 e. The summed E-state index contributed by atoms with van der Waals surface area (Å²) in [5, 5.41) is 0.